The Kier molecular flexibility index (Phi) is 8.20. The number of amides is 1. The topological polar surface area (TPSA) is 157 Å². The minimum Gasteiger partial charge on any atom is -0.471 e. The molecule has 0 aromatic carbocycles. The largest absolute Gasteiger partial charge is 0.471 e. The van der Waals surface area contributed by atoms with Crippen molar-refractivity contribution < 1.29 is 26.9 Å². The lowest BCUT2D eigenvalue weighted by molar-refractivity contribution is 0.0982. The zero-order valence-corrected chi connectivity index (χ0v) is 23.2. The molecular formula is C23H31N7O6S2. The first-order valence-corrected chi connectivity index (χ1v) is 15.7. The monoisotopic (exact) mass is 565 g/mol. The fourth-order valence-corrected chi connectivity index (χ4v) is 5.98. The predicted octanol–water partition coefficient (Wildman–Crippen LogP) is 0.987. The molecule has 1 aliphatic heterocycles. The molecule has 1 aliphatic rings. The van der Waals surface area contributed by atoms with Crippen LogP contribution >= 0.6 is 0 Å². The van der Waals surface area contributed by atoms with Gasteiger partial charge in [0, 0.05) is 37.7 Å². The van der Waals surface area contributed by atoms with Gasteiger partial charge in [0.2, 0.25) is 15.9 Å². The number of aromatic nitrogens is 4. The van der Waals surface area contributed by atoms with Crippen molar-refractivity contribution >= 4 is 48.0 Å². The summed E-state index contributed by atoms with van der Waals surface area (Å²) >= 11 is 0. The molecule has 15 heteroatoms. The van der Waals surface area contributed by atoms with Crippen LogP contribution in [0.3, 0.4) is 0 Å². The first-order chi connectivity index (χ1) is 18.0. The highest BCUT2D eigenvalue weighted by Crippen LogP contribution is 2.30. The highest BCUT2D eigenvalue weighted by atomic mass is 32.2. The normalized spacial score (nSPS) is 18.1. The van der Waals surface area contributed by atoms with E-state index < -0.39 is 25.6 Å². The molecule has 3 aromatic heterocycles. The van der Waals surface area contributed by atoms with E-state index in [9.17, 15) is 17.4 Å². The van der Waals surface area contributed by atoms with E-state index in [2.05, 4.69) is 25.1 Å². The minimum absolute atomic E-state index is 0.133. The molecule has 0 aliphatic carbocycles. The van der Waals surface area contributed by atoms with Gasteiger partial charge in [-0.3, -0.25) is 9.52 Å². The molecule has 38 heavy (non-hydrogen) atoms. The second-order valence-electron chi connectivity index (χ2n) is 9.01. The number of methoxy groups -OCH3 is 1. The van der Waals surface area contributed by atoms with Gasteiger partial charge in [0.25, 0.3) is 5.91 Å². The second-order valence-corrected chi connectivity index (χ2v) is 13.3. The Balaban J connectivity index is 1.60. The lowest BCUT2D eigenvalue weighted by atomic mass is 10.1. The van der Waals surface area contributed by atoms with Crippen LogP contribution in [0.5, 0.6) is 5.88 Å². The third-order valence-electron chi connectivity index (χ3n) is 6.03. The van der Waals surface area contributed by atoms with Crippen LogP contribution < -0.4 is 14.8 Å². The predicted molar refractivity (Wildman–Crippen MR) is 145 cm³/mol. The second kappa shape index (κ2) is 11.2. The van der Waals surface area contributed by atoms with Crippen molar-refractivity contribution in [2.45, 2.75) is 25.9 Å². The average molecular weight is 566 g/mol. The first-order valence-electron chi connectivity index (χ1n) is 11.8. The molecule has 0 bridgehead atoms. The van der Waals surface area contributed by atoms with Crippen LogP contribution in [0.15, 0.2) is 30.9 Å². The van der Waals surface area contributed by atoms with Gasteiger partial charge in [-0.15, -0.1) is 0 Å². The van der Waals surface area contributed by atoms with Crippen molar-refractivity contribution in [1.29, 1.82) is 0 Å². The van der Waals surface area contributed by atoms with E-state index in [1.807, 2.05) is 0 Å². The highest BCUT2D eigenvalue weighted by molar-refractivity contribution is 7.99. The number of anilines is 2. The van der Waals surface area contributed by atoms with Crippen molar-refractivity contribution in [2.75, 3.05) is 44.6 Å². The summed E-state index contributed by atoms with van der Waals surface area (Å²) in [7, 11) is -4.61. The summed E-state index contributed by atoms with van der Waals surface area (Å²) in [4.78, 5) is 21.6. The van der Waals surface area contributed by atoms with Gasteiger partial charge >= 0.3 is 0 Å². The van der Waals surface area contributed by atoms with Gasteiger partial charge in [-0.1, -0.05) is 0 Å². The number of sulfonamides is 1. The molecule has 0 spiro atoms. The number of pyridine rings is 1. The standard InChI is InChI=1S/C23H31N7O6S2/c1-16-18(22(31)28-37(3,32)12-11-35-2)14-30-20(16)21(25-15-26-30)27-19-8-5-9-24-23(19)36-17-7-6-10-29(13-17)38(4,33)34/h5,8-9,12,14-15,17H,6-7,10-11,13H2,1-4H3,(H,25,26,27)(H,28,31,32). The van der Waals surface area contributed by atoms with Crippen molar-refractivity contribution in [3.05, 3.63) is 42.0 Å². The maximum absolute atomic E-state index is 12.9. The number of rotatable bonds is 9. The Morgan fingerprint density at radius 3 is 2.79 bits per heavy atom. The Morgan fingerprint density at radius 2 is 2.05 bits per heavy atom. The SMILES string of the molecule is COCC=S(C)(=O)NC(=O)c1cn2ncnc(Nc3cccnc3OC3CCCN(S(C)(=O)=O)C3)c2c1C. The van der Waals surface area contributed by atoms with Crippen LogP contribution in [0.2, 0.25) is 0 Å². The van der Waals surface area contributed by atoms with E-state index in [-0.39, 0.29) is 19.3 Å². The summed E-state index contributed by atoms with van der Waals surface area (Å²) < 4.78 is 53.2. The van der Waals surface area contributed by atoms with Gasteiger partial charge in [0.15, 0.2) is 5.82 Å². The smallest absolute Gasteiger partial charge is 0.264 e. The van der Waals surface area contributed by atoms with Crippen molar-refractivity contribution in [3.8, 4) is 5.88 Å². The maximum Gasteiger partial charge on any atom is 0.264 e. The lowest BCUT2D eigenvalue weighted by Gasteiger charge is -2.31. The van der Waals surface area contributed by atoms with Crippen LogP contribution in [0.1, 0.15) is 28.8 Å². The molecule has 2 unspecified atom stereocenters. The number of fused-ring (bicyclic) bond motifs is 1. The molecule has 2 N–H and O–H groups in total. The minimum atomic E-state index is -3.32. The van der Waals surface area contributed by atoms with E-state index in [1.54, 1.807) is 31.5 Å². The van der Waals surface area contributed by atoms with Crippen molar-refractivity contribution in [1.82, 2.24) is 28.6 Å². The molecule has 13 nitrogen and oxygen atoms in total. The van der Waals surface area contributed by atoms with E-state index in [0.717, 1.165) is 0 Å². The molecule has 4 heterocycles. The van der Waals surface area contributed by atoms with Crippen LogP contribution in [-0.4, -0.2) is 93.2 Å². The lowest BCUT2D eigenvalue weighted by Crippen LogP contribution is -2.43. The molecule has 1 amide bonds. The molecule has 4 rings (SSSR count). The number of ether oxygens (including phenoxy) is 2. The Labute approximate surface area is 221 Å². The van der Waals surface area contributed by atoms with Gasteiger partial charge < -0.3 is 14.8 Å². The molecule has 1 fully saturated rings. The van der Waals surface area contributed by atoms with Gasteiger partial charge in [-0.2, -0.15) is 9.40 Å². The van der Waals surface area contributed by atoms with Gasteiger partial charge in [-0.25, -0.2) is 27.1 Å². The summed E-state index contributed by atoms with van der Waals surface area (Å²) in [6, 6.07) is 3.50. The number of aryl methyl sites for hydroxylation is 1. The third kappa shape index (κ3) is 6.40. The molecule has 0 saturated carbocycles. The molecule has 0 radical (unpaired) electrons. The molecular weight excluding hydrogens is 534 g/mol. The third-order valence-corrected chi connectivity index (χ3v) is 8.66. The molecule has 206 valence electrons. The number of hydrogen-bond donors (Lipinski definition) is 2. The molecule has 3 aromatic rings. The quantitative estimate of drug-likeness (QED) is 0.359. The number of carbonyl (C=O) groups is 1. The van der Waals surface area contributed by atoms with Crippen LogP contribution in [-0.2, 0) is 24.5 Å². The number of hydrogen-bond acceptors (Lipinski definition) is 10. The van der Waals surface area contributed by atoms with Crippen molar-refractivity contribution in [3.63, 3.8) is 0 Å². The Morgan fingerprint density at radius 1 is 1.26 bits per heavy atom. The maximum atomic E-state index is 12.9. The highest BCUT2D eigenvalue weighted by Gasteiger charge is 2.28. The fraction of sp³-hybridized carbons (Fsp3) is 0.435. The van der Waals surface area contributed by atoms with E-state index in [4.69, 9.17) is 9.47 Å². The summed E-state index contributed by atoms with van der Waals surface area (Å²) in [6.07, 6.45) is 8.10. The molecule has 1 saturated heterocycles. The van der Waals surface area contributed by atoms with Gasteiger partial charge in [0.1, 0.15) is 23.6 Å². The average Bonchev–Trinajstić information content (AvgIpc) is 3.21. The zero-order chi connectivity index (χ0) is 27.5. The summed E-state index contributed by atoms with van der Waals surface area (Å²) in [5.74, 6) is 0.183. The molecule has 2 atom stereocenters. The van der Waals surface area contributed by atoms with Crippen LogP contribution in [0.4, 0.5) is 11.5 Å². The summed E-state index contributed by atoms with van der Waals surface area (Å²) in [5.41, 5.74) is 1.92. The Hall–Kier alpha value is -3.27. The van der Waals surface area contributed by atoms with Gasteiger partial charge in [-0.05, 0) is 37.5 Å². The number of nitrogens with one attached hydrogen (secondary N) is 2. The van der Waals surface area contributed by atoms with E-state index in [1.165, 1.54) is 40.1 Å². The van der Waals surface area contributed by atoms with Crippen molar-refractivity contribution in [2.24, 2.45) is 0 Å². The fourth-order valence-electron chi connectivity index (χ4n) is 4.13. The summed E-state index contributed by atoms with van der Waals surface area (Å²) in [6.45, 7) is 2.59. The Bertz CT molecular complexity index is 1560. The van der Waals surface area contributed by atoms with Crippen LogP contribution in [0, 0.1) is 6.92 Å². The number of nitrogens with zero attached hydrogens (tertiary/aromatic N) is 5. The zero-order valence-electron chi connectivity index (χ0n) is 21.6. The van der Waals surface area contributed by atoms with Gasteiger partial charge in [0.05, 0.1) is 34.7 Å². The number of carbonyl (C=O) groups excluding carboxylic acids is 1. The summed E-state index contributed by atoms with van der Waals surface area (Å²) in [5, 5.41) is 8.84. The number of piperidine rings is 1. The van der Waals surface area contributed by atoms with E-state index >= 15 is 0 Å². The first kappa shape index (κ1) is 27.8. The van der Waals surface area contributed by atoms with E-state index in [0.29, 0.717) is 53.4 Å². The van der Waals surface area contributed by atoms with Crippen LogP contribution in [0.25, 0.3) is 5.52 Å².